The van der Waals surface area contributed by atoms with Crippen molar-refractivity contribution in [3.05, 3.63) is 88.9 Å². The van der Waals surface area contributed by atoms with Crippen LogP contribution < -0.4 is 16.0 Å². The highest BCUT2D eigenvalue weighted by Crippen LogP contribution is 2.23. The number of amides is 3. The summed E-state index contributed by atoms with van der Waals surface area (Å²) in [5, 5.41) is 17.1. The first-order valence-corrected chi connectivity index (χ1v) is 12.9. The Bertz CT molecular complexity index is 1410. The van der Waals surface area contributed by atoms with E-state index in [2.05, 4.69) is 15.6 Å². The molecule has 0 fully saturated rings. The summed E-state index contributed by atoms with van der Waals surface area (Å²) in [7, 11) is 0. The van der Waals surface area contributed by atoms with Gasteiger partial charge in [-0.3, -0.25) is 19.4 Å². The number of hydrogen-bond acceptors (Lipinski definition) is 5. The SMILES string of the molecule is CC(C)C[C@H](NC(=O)c1c(F)c(F)c(F)c(F)c1F)C(=O)NCC(O)CNC(=O)Cc1cccc(-c2ccccn2)c1. The molecule has 3 aromatic rings. The standard InChI is InChI=1S/C29H29F5N4O4/c1-15(2)10-20(38-29(42)22-23(30)25(32)27(34)26(33)24(22)31)28(41)37-14-18(39)13-36-21(40)12-16-6-5-7-17(11-16)19-8-3-4-9-35-19/h3-9,11,15,18,20,39H,10,12-14H2,1-2H3,(H,36,40)(H,37,41)(H,38,42)/t18?,20-/m0/s1. The summed E-state index contributed by atoms with van der Waals surface area (Å²) in [5.74, 6) is -14.9. The molecule has 224 valence electrons. The third-order valence-corrected chi connectivity index (χ3v) is 6.06. The number of benzene rings is 2. The number of pyridine rings is 1. The van der Waals surface area contributed by atoms with Crippen LogP contribution in [0.5, 0.6) is 0 Å². The molecule has 0 bridgehead atoms. The van der Waals surface area contributed by atoms with E-state index in [1.165, 1.54) is 0 Å². The number of aromatic nitrogens is 1. The van der Waals surface area contributed by atoms with Gasteiger partial charge in [-0.2, -0.15) is 0 Å². The second kappa shape index (κ2) is 14.5. The van der Waals surface area contributed by atoms with Gasteiger partial charge in [0.25, 0.3) is 5.91 Å². The van der Waals surface area contributed by atoms with Gasteiger partial charge in [-0.1, -0.05) is 38.1 Å². The fraction of sp³-hybridized carbons (Fsp3) is 0.310. The first-order valence-electron chi connectivity index (χ1n) is 12.9. The van der Waals surface area contributed by atoms with Crippen LogP contribution in [0.2, 0.25) is 0 Å². The molecule has 1 aromatic heterocycles. The molecule has 3 amide bonds. The lowest BCUT2D eigenvalue weighted by Gasteiger charge is -2.22. The average Bonchev–Trinajstić information content (AvgIpc) is 2.96. The minimum Gasteiger partial charge on any atom is -0.389 e. The van der Waals surface area contributed by atoms with Crippen molar-refractivity contribution in [2.75, 3.05) is 13.1 Å². The maximum Gasteiger partial charge on any atom is 0.258 e. The van der Waals surface area contributed by atoms with Gasteiger partial charge in [-0.15, -0.1) is 0 Å². The van der Waals surface area contributed by atoms with Crippen molar-refractivity contribution in [2.24, 2.45) is 5.92 Å². The monoisotopic (exact) mass is 592 g/mol. The number of aliphatic hydroxyl groups is 1. The zero-order valence-corrected chi connectivity index (χ0v) is 22.7. The molecule has 13 heteroatoms. The van der Waals surface area contributed by atoms with Crippen molar-refractivity contribution in [2.45, 2.75) is 38.8 Å². The van der Waals surface area contributed by atoms with Crippen molar-refractivity contribution in [3.63, 3.8) is 0 Å². The molecule has 0 aliphatic carbocycles. The van der Waals surface area contributed by atoms with Crippen LogP contribution in [0, 0.1) is 35.0 Å². The third kappa shape index (κ3) is 8.32. The average molecular weight is 593 g/mol. The van der Waals surface area contributed by atoms with Crippen LogP contribution in [0.4, 0.5) is 22.0 Å². The molecule has 1 unspecified atom stereocenters. The quantitative estimate of drug-likeness (QED) is 0.146. The lowest BCUT2D eigenvalue weighted by atomic mass is 10.0. The van der Waals surface area contributed by atoms with Gasteiger partial charge < -0.3 is 21.1 Å². The fourth-order valence-corrected chi connectivity index (χ4v) is 4.01. The maximum absolute atomic E-state index is 14.1. The topological polar surface area (TPSA) is 120 Å². The Morgan fingerprint density at radius 1 is 0.857 bits per heavy atom. The molecule has 2 aromatic carbocycles. The molecule has 8 nitrogen and oxygen atoms in total. The summed E-state index contributed by atoms with van der Waals surface area (Å²) < 4.78 is 68.5. The number of carbonyl (C=O) groups excluding carboxylic acids is 3. The van der Waals surface area contributed by atoms with E-state index in [4.69, 9.17) is 0 Å². The van der Waals surface area contributed by atoms with Crippen LogP contribution in [0.1, 0.15) is 36.2 Å². The molecule has 0 saturated carbocycles. The number of nitrogens with zero attached hydrogens (tertiary/aromatic N) is 1. The normalized spacial score (nSPS) is 12.5. The van der Waals surface area contributed by atoms with Crippen LogP contribution in [-0.2, 0) is 16.0 Å². The lowest BCUT2D eigenvalue weighted by molar-refractivity contribution is -0.123. The van der Waals surface area contributed by atoms with Crippen molar-refractivity contribution < 1.29 is 41.4 Å². The Kier molecular flexibility index (Phi) is 11.1. The van der Waals surface area contributed by atoms with Crippen molar-refractivity contribution in [1.82, 2.24) is 20.9 Å². The minimum atomic E-state index is -2.42. The Morgan fingerprint density at radius 3 is 2.12 bits per heavy atom. The summed E-state index contributed by atoms with van der Waals surface area (Å²) in [6.45, 7) is 2.73. The number of rotatable bonds is 12. The summed E-state index contributed by atoms with van der Waals surface area (Å²) in [6.07, 6.45) is 0.363. The molecule has 0 radical (unpaired) electrons. The Morgan fingerprint density at radius 2 is 1.50 bits per heavy atom. The molecule has 3 rings (SSSR count). The highest BCUT2D eigenvalue weighted by molar-refractivity contribution is 5.98. The van der Waals surface area contributed by atoms with E-state index in [0.717, 1.165) is 11.3 Å². The fourth-order valence-electron chi connectivity index (χ4n) is 4.01. The molecule has 0 saturated heterocycles. The predicted molar refractivity (Wildman–Crippen MR) is 142 cm³/mol. The summed E-state index contributed by atoms with van der Waals surface area (Å²) in [5.41, 5.74) is 0.554. The Balaban J connectivity index is 1.54. The number of carbonyl (C=O) groups is 3. The number of aliphatic hydroxyl groups excluding tert-OH is 1. The molecule has 0 spiro atoms. The van der Waals surface area contributed by atoms with Gasteiger partial charge in [0.15, 0.2) is 23.3 Å². The van der Waals surface area contributed by atoms with E-state index < -0.39 is 64.5 Å². The van der Waals surface area contributed by atoms with Gasteiger partial charge in [0, 0.05) is 24.8 Å². The van der Waals surface area contributed by atoms with E-state index in [0.29, 0.717) is 5.56 Å². The van der Waals surface area contributed by atoms with Gasteiger partial charge in [0.1, 0.15) is 11.6 Å². The van der Waals surface area contributed by atoms with E-state index in [-0.39, 0.29) is 31.8 Å². The van der Waals surface area contributed by atoms with Gasteiger partial charge in [-0.25, -0.2) is 22.0 Å². The van der Waals surface area contributed by atoms with Gasteiger partial charge in [0.05, 0.1) is 18.2 Å². The number of nitrogens with one attached hydrogen (secondary N) is 3. The summed E-state index contributed by atoms with van der Waals surface area (Å²) in [4.78, 5) is 41.8. The van der Waals surface area contributed by atoms with Crippen molar-refractivity contribution in [3.8, 4) is 11.3 Å². The van der Waals surface area contributed by atoms with Crippen LogP contribution >= 0.6 is 0 Å². The summed E-state index contributed by atoms with van der Waals surface area (Å²) >= 11 is 0. The molecule has 2 atom stereocenters. The van der Waals surface area contributed by atoms with E-state index >= 15 is 0 Å². The van der Waals surface area contributed by atoms with Gasteiger partial charge in [0.2, 0.25) is 17.6 Å². The van der Waals surface area contributed by atoms with Crippen molar-refractivity contribution in [1.29, 1.82) is 0 Å². The molecule has 4 N–H and O–H groups in total. The predicted octanol–water partition coefficient (Wildman–Crippen LogP) is 3.42. The van der Waals surface area contributed by atoms with Crippen LogP contribution in [-0.4, -0.2) is 53.0 Å². The lowest BCUT2D eigenvalue weighted by Crippen LogP contribution is -2.50. The van der Waals surface area contributed by atoms with E-state index in [1.807, 2.05) is 29.6 Å². The molecule has 1 heterocycles. The van der Waals surface area contributed by atoms with E-state index in [1.54, 1.807) is 38.2 Å². The zero-order valence-electron chi connectivity index (χ0n) is 22.7. The number of halogens is 5. The van der Waals surface area contributed by atoms with E-state index in [9.17, 15) is 41.4 Å². The maximum atomic E-state index is 14.1. The van der Waals surface area contributed by atoms with Gasteiger partial charge in [-0.05, 0) is 36.1 Å². The summed E-state index contributed by atoms with van der Waals surface area (Å²) in [6, 6.07) is 11.3. The van der Waals surface area contributed by atoms with Crippen LogP contribution in [0.3, 0.4) is 0 Å². The molecule has 42 heavy (non-hydrogen) atoms. The number of hydrogen-bond donors (Lipinski definition) is 4. The second-order valence-electron chi connectivity index (χ2n) is 9.90. The largest absolute Gasteiger partial charge is 0.389 e. The second-order valence-corrected chi connectivity index (χ2v) is 9.90. The van der Waals surface area contributed by atoms with Crippen molar-refractivity contribution >= 4 is 17.7 Å². The zero-order chi connectivity index (χ0) is 31.0. The van der Waals surface area contributed by atoms with Gasteiger partial charge >= 0.3 is 0 Å². The Labute approximate surface area is 238 Å². The smallest absolute Gasteiger partial charge is 0.258 e. The molecular formula is C29H29F5N4O4. The Hall–Kier alpha value is -4.39. The highest BCUT2D eigenvalue weighted by Gasteiger charge is 2.32. The van der Waals surface area contributed by atoms with Crippen LogP contribution in [0.15, 0.2) is 48.7 Å². The first-order chi connectivity index (χ1) is 19.9. The highest BCUT2D eigenvalue weighted by atomic mass is 19.2. The van der Waals surface area contributed by atoms with Crippen LogP contribution in [0.25, 0.3) is 11.3 Å². The third-order valence-electron chi connectivity index (χ3n) is 6.06. The molecular weight excluding hydrogens is 563 g/mol. The molecule has 0 aliphatic heterocycles. The first kappa shape index (κ1) is 32.1. The minimum absolute atomic E-state index is 0.0138. The molecule has 0 aliphatic rings.